The van der Waals surface area contributed by atoms with E-state index in [0.29, 0.717) is 13.2 Å². The van der Waals surface area contributed by atoms with Gasteiger partial charge in [0.1, 0.15) is 30.5 Å². The molecule has 0 aliphatic heterocycles. The Morgan fingerprint density at radius 2 is 0.889 bits per heavy atom. The predicted octanol–water partition coefficient (Wildman–Crippen LogP) is 11.2. The van der Waals surface area contributed by atoms with Crippen LogP contribution in [-0.2, 0) is 24.1 Å². The topological polar surface area (TPSA) is 55.4 Å². The lowest BCUT2D eigenvalue weighted by Gasteiger charge is -2.26. The highest BCUT2D eigenvalue weighted by Gasteiger charge is 2.36. The number of benzene rings is 4. The van der Waals surface area contributed by atoms with Crippen molar-refractivity contribution in [1.29, 1.82) is 0 Å². The fourth-order valence-electron chi connectivity index (χ4n) is 5.92. The third-order valence-corrected chi connectivity index (χ3v) is 13.6. The van der Waals surface area contributed by atoms with Crippen molar-refractivity contribution in [3.05, 3.63) is 150 Å². The molecular formula is C46H62O6SSi. The summed E-state index contributed by atoms with van der Waals surface area (Å²) in [6, 6.07) is 34.6. The minimum Gasteiger partial charge on any atom is -0.494 e. The van der Waals surface area contributed by atoms with Gasteiger partial charge in [0.05, 0.1) is 6.61 Å². The number of hydrogen-bond donors (Lipinski definition) is 0. The Morgan fingerprint density at radius 3 is 1.26 bits per heavy atom. The summed E-state index contributed by atoms with van der Waals surface area (Å²) in [5, 5.41) is 0. The Kier molecular flexibility index (Phi) is 18.6. The van der Waals surface area contributed by atoms with Gasteiger partial charge >= 0.3 is 8.80 Å². The summed E-state index contributed by atoms with van der Waals surface area (Å²) in [4.78, 5) is 0. The molecule has 54 heavy (non-hydrogen) atoms. The molecule has 0 spiro atoms. The van der Waals surface area contributed by atoms with Crippen LogP contribution in [0.1, 0.15) is 68.4 Å². The van der Waals surface area contributed by atoms with Gasteiger partial charge in [-0.1, -0.05) is 119 Å². The van der Waals surface area contributed by atoms with Crippen molar-refractivity contribution < 1.29 is 27.5 Å². The van der Waals surface area contributed by atoms with Crippen LogP contribution < -0.4 is 14.2 Å². The lowest BCUT2D eigenvalue weighted by molar-refractivity contribution is 0.123. The van der Waals surface area contributed by atoms with Crippen LogP contribution in [0.2, 0.25) is 6.04 Å². The molecule has 4 aromatic carbocycles. The van der Waals surface area contributed by atoms with E-state index in [-0.39, 0.29) is 10.8 Å². The summed E-state index contributed by atoms with van der Waals surface area (Å²) >= 11 is 1.94. The van der Waals surface area contributed by atoms with Crippen molar-refractivity contribution in [1.82, 2.24) is 0 Å². The lowest BCUT2D eigenvalue weighted by atomic mass is 9.78. The first-order chi connectivity index (χ1) is 25.9. The second kappa shape index (κ2) is 22.6. The van der Waals surface area contributed by atoms with Crippen LogP contribution in [0.5, 0.6) is 17.2 Å². The molecule has 0 heterocycles. The van der Waals surface area contributed by atoms with Crippen molar-refractivity contribution in [2.45, 2.75) is 64.3 Å². The maximum atomic E-state index is 5.94. The molecule has 0 radical (unpaired) electrons. The zero-order valence-electron chi connectivity index (χ0n) is 33.8. The van der Waals surface area contributed by atoms with Gasteiger partial charge in [0.2, 0.25) is 0 Å². The second-order valence-electron chi connectivity index (χ2n) is 14.1. The maximum absolute atomic E-state index is 5.94. The summed E-state index contributed by atoms with van der Waals surface area (Å²) in [7, 11) is 2.58. The van der Waals surface area contributed by atoms with Crippen LogP contribution in [-0.4, -0.2) is 61.5 Å². The molecule has 0 bridgehead atoms. The average Bonchev–Trinajstić information content (AvgIpc) is 3.20. The highest BCUT2D eigenvalue weighted by molar-refractivity contribution is 7.99. The maximum Gasteiger partial charge on any atom is 0.500 e. The van der Waals surface area contributed by atoms with E-state index in [1.165, 1.54) is 27.8 Å². The quantitative estimate of drug-likeness (QED) is 0.0448. The molecule has 8 heteroatoms. The van der Waals surface area contributed by atoms with Gasteiger partial charge in [-0.2, -0.15) is 11.8 Å². The van der Waals surface area contributed by atoms with Crippen LogP contribution in [0.3, 0.4) is 0 Å². The standard InChI is InChI=1S/C25H38O4SSi.C21H24O2/c1-21-9-11-22(12-10-21)25(2,3)23-13-15-24(16-14-23)29-17-7-18-30-19-8-20-31(26-4,27-5)28-6;1-5-15-22-19-11-7-17(8-12-19)21(3,4)18-9-13-20(14-10-18)23-16-6-2/h9-16H,7-8,17-20H2,1-6H3;5-14H,1-2,15-16H2,3-4H3. The normalized spacial score (nSPS) is 11.6. The van der Waals surface area contributed by atoms with E-state index in [0.717, 1.165) is 54.2 Å². The van der Waals surface area contributed by atoms with E-state index >= 15 is 0 Å². The van der Waals surface area contributed by atoms with E-state index in [4.69, 9.17) is 27.5 Å². The average molecular weight is 771 g/mol. The molecular weight excluding hydrogens is 709 g/mol. The van der Waals surface area contributed by atoms with Crippen molar-refractivity contribution >= 4 is 20.6 Å². The minimum absolute atomic E-state index is 0.0300. The molecule has 6 nitrogen and oxygen atoms in total. The summed E-state index contributed by atoms with van der Waals surface area (Å²) in [6.45, 7) is 20.2. The number of thioether (sulfide) groups is 1. The molecule has 0 atom stereocenters. The number of hydrogen-bond acceptors (Lipinski definition) is 7. The van der Waals surface area contributed by atoms with Crippen LogP contribution in [0, 0.1) is 6.92 Å². The molecule has 292 valence electrons. The fraction of sp³-hybridized carbons (Fsp3) is 0.391. The van der Waals surface area contributed by atoms with Crippen LogP contribution in [0.25, 0.3) is 0 Å². The summed E-state index contributed by atoms with van der Waals surface area (Å²) in [6.07, 6.45) is 5.55. The Labute approximate surface area is 331 Å². The second-order valence-corrected chi connectivity index (χ2v) is 18.4. The van der Waals surface area contributed by atoms with Gasteiger partial charge in [0, 0.05) is 38.2 Å². The summed E-state index contributed by atoms with van der Waals surface area (Å²) in [5.41, 5.74) is 6.26. The Bertz CT molecular complexity index is 1580. The number of ether oxygens (including phenoxy) is 3. The first-order valence-electron chi connectivity index (χ1n) is 18.7. The van der Waals surface area contributed by atoms with Crippen LogP contribution in [0.15, 0.2) is 122 Å². The highest BCUT2D eigenvalue weighted by Crippen LogP contribution is 2.34. The summed E-state index contributed by atoms with van der Waals surface area (Å²) in [5.74, 6) is 4.81. The summed E-state index contributed by atoms with van der Waals surface area (Å²) < 4.78 is 33.4. The van der Waals surface area contributed by atoms with Crippen LogP contribution in [0.4, 0.5) is 0 Å². The third-order valence-electron chi connectivity index (χ3n) is 9.64. The minimum atomic E-state index is -2.42. The van der Waals surface area contributed by atoms with Gasteiger partial charge in [-0.15, -0.1) is 0 Å². The molecule has 0 saturated heterocycles. The van der Waals surface area contributed by atoms with Crippen molar-refractivity contribution in [2.75, 3.05) is 52.7 Å². The molecule has 0 N–H and O–H groups in total. The first kappa shape index (κ1) is 44.6. The van der Waals surface area contributed by atoms with Gasteiger partial charge in [0.25, 0.3) is 0 Å². The smallest absolute Gasteiger partial charge is 0.494 e. The van der Waals surface area contributed by atoms with Gasteiger partial charge in [-0.3, -0.25) is 0 Å². The van der Waals surface area contributed by atoms with Gasteiger partial charge in [-0.05, 0) is 89.9 Å². The van der Waals surface area contributed by atoms with Crippen LogP contribution >= 0.6 is 11.8 Å². The third kappa shape index (κ3) is 13.5. The zero-order valence-corrected chi connectivity index (χ0v) is 35.6. The Morgan fingerprint density at radius 1 is 0.537 bits per heavy atom. The molecule has 0 aliphatic carbocycles. The van der Waals surface area contributed by atoms with Crippen molar-refractivity contribution in [3.63, 3.8) is 0 Å². The van der Waals surface area contributed by atoms with Gasteiger partial charge in [0.15, 0.2) is 0 Å². The molecule has 0 unspecified atom stereocenters. The molecule has 4 rings (SSSR count). The molecule has 0 amide bonds. The lowest BCUT2D eigenvalue weighted by Crippen LogP contribution is -2.42. The molecule has 0 aliphatic rings. The number of rotatable bonds is 22. The van der Waals surface area contributed by atoms with E-state index in [9.17, 15) is 0 Å². The van der Waals surface area contributed by atoms with Gasteiger partial charge < -0.3 is 27.5 Å². The Hall–Kier alpha value is -3.79. The zero-order chi connectivity index (χ0) is 39.5. The molecule has 0 aromatic heterocycles. The molecule has 0 saturated carbocycles. The van der Waals surface area contributed by atoms with E-state index in [1.54, 1.807) is 33.5 Å². The van der Waals surface area contributed by atoms with E-state index in [1.807, 2.05) is 36.0 Å². The van der Waals surface area contributed by atoms with E-state index < -0.39 is 8.80 Å². The predicted molar refractivity (Wildman–Crippen MR) is 230 cm³/mol. The number of aryl methyl sites for hydroxylation is 1. The SMILES string of the molecule is C=CCOc1ccc(C(C)(C)c2ccc(OCC=C)cc2)cc1.CO[Si](CCCSCCCOc1ccc(C(C)(C)c2ccc(C)cc2)cc1)(OC)OC. The highest BCUT2D eigenvalue weighted by atomic mass is 32.2. The largest absolute Gasteiger partial charge is 0.500 e. The molecule has 4 aromatic rings. The fourth-order valence-corrected chi connectivity index (χ4v) is 8.77. The van der Waals surface area contributed by atoms with Crippen molar-refractivity contribution in [3.8, 4) is 17.2 Å². The van der Waals surface area contributed by atoms with E-state index in [2.05, 4.69) is 121 Å². The Balaban J connectivity index is 0.000000303. The first-order valence-corrected chi connectivity index (χ1v) is 21.8. The monoisotopic (exact) mass is 770 g/mol. The van der Waals surface area contributed by atoms with Crippen molar-refractivity contribution in [2.24, 2.45) is 0 Å². The molecule has 0 fully saturated rings. The van der Waals surface area contributed by atoms with Gasteiger partial charge in [-0.25, -0.2) is 0 Å².